The number of hydrogen-bond acceptors (Lipinski definition) is 7. The molecule has 0 spiro atoms. The standard InChI is InChI=1S/C29H39FN2O6/c1-37-24-11-7-21(8-12-24)27(34)5-4-6-28(35)31-26(20-32-17-15-23(33)19-32)29(36)22-9-13-25(14-10-22)38-18-3-2-16-30/h7-14,23,26,29,33,36H,2-6,15-20H2,1H3,(H,31,35)/t23-,26-,29-/m1/s1. The maximum Gasteiger partial charge on any atom is 0.220 e. The summed E-state index contributed by atoms with van der Waals surface area (Å²) in [6, 6.07) is 13.3. The van der Waals surface area contributed by atoms with Crippen LogP contribution in [0.4, 0.5) is 4.39 Å². The maximum atomic E-state index is 12.8. The van der Waals surface area contributed by atoms with Crippen molar-refractivity contribution in [2.75, 3.05) is 40.0 Å². The number of ketones is 1. The Balaban J connectivity index is 1.55. The first-order valence-electron chi connectivity index (χ1n) is 13.2. The first-order chi connectivity index (χ1) is 18.4. The van der Waals surface area contributed by atoms with Crippen molar-refractivity contribution in [1.29, 1.82) is 0 Å². The third-order valence-electron chi connectivity index (χ3n) is 6.67. The summed E-state index contributed by atoms with van der Waals surface area (Å²) in [6.45, 7) is 1.61. The molecule has 3 rings (SSSR count). The molecule has 0 unspecified atom stereocenters. The first-order valence-corrected chi connectivity index (χ1v) is 13.2. The van der Waals surface area contributed by atoms with Crippen molar-refractivity contribution in [2.24, 2.45) is 0 Å². The molecule has 2 aromatic rings. The number of carbonyl (C=O) groups excluding carboxylic acids is 2. The lowest BCUT2D eigenvalue weighted by Crippen LogP contribution is -2.47. The highest BCUT2D eigenvalue weighted by Crippen LogP contribution is 2.23. The highest BCUT2D eigenvalue weighted by atomic mass is 19.1. The summed E-state index contributed by atoms with van der Waals surface area (Å²) in [7, 11) is 1.56. The van der Waals surface area contributed by atoms with Crippen LogP contribution in [0, 0.1) is 0 Å². The highest BCUT2D eigenvalue weighted by molar-refractivity contribution is 5.96. The lowest BCUT2D eigenvalue weighted by molar-refractivity contribution is -0.123. The number of Topliss-reactive ketones (excluding diaryl/α,β-unsaturated/α-hetero) is 1. The van der Waals surface area contributed by atoms with E-state index in [1.165, 1.54) is 0 Å². The number of carbonyl (C=O) groups is 2. The molecule has 1 heterocycles. The normalized spacial score (nSPS) is 17.1. The second kappa shape index (κ2) is 15.4. The van der Waals surface area contributed by atoms with Gasteiger partial charge in [-0.25, -0.2) is 0 Å². The molecule has 3 N–H and O–H groups in total. The second-order valence-electron chi connectivity index (χ2n) is 9.64. The van der Waals surface area contributed by atoms with Gasteiger partial charge in [-0.3, -0.25) is 18.9 Å². The van der Waals surface area contributed by atoms with Crippen molar-refractivity contribution < 1.29 is 33.7 Å². The second-order valence-corrected chi connectivity index (χ2v) is 9.64. The average Bonchev–Trinajstić information content (AvgIpc) is 3.35. The van der Waals surface area contributed by atoms with Gasteiger partial charge in [0, 0.05) is 38.0 Å². The zero-order chi connectivity index (χ0) is 27.3. The molecule has 0 aliphatic carbocycles. The van der Waals surface area contributed by atoms with Gasteiger partial charge in [-0.15, -0.1) is 0 Å². The molecule has 1 fully saturated rings. The number of ether oxygens (including phenoxy) is 2. The number of aliphatic hydroxyl groups is 2. The molecule has 2 aromatic carbocycles. The number of nitrogens with one attached hydrogen (secondary N) is 1. The zero-order valence-electron chi connectivity index (χ0n) is 22.0. The Bertz CT molecular complexity index is 1000. The molecule has 0 aromatic heterocycles. The molecule has 1 amide bonds. The smallest absolute Gasteiger partial charge is 0.220 e. The van der Waals surface area contributed by atoms with Crippen molar-refractivity contribution >= 4 is 11.7 Å². The summed E-state index contributed by atoms with van der Waals surface area (Å²) >= 11 is 0. The Hall–Kier alpha value is -3.01. The molecular formula is C29H39FN2O6. The van der Waals surface area contributed by atoms with Crippen molar-refractivity contribution in [2.45, 2.75) is 56.8 Å². The Kier molecular flexibility index (Phi) is 12.0. The van der Waals surface area contributed by atoms with Crippen LogP contribution in [0.5, 0.6) is 11.5 Å². The van der Waals surface area contributed by atoms with Crippen LogP contribution in [0.2, 0.25) is 0 Å². The van der Waals surface area contributed by atoms with Gasteiger partial charge in [-0.1, -0.05) is 12.1 Å². The number of likely N-dealkylation sites (tertiary alicyclic amines) is 1. The van der Waals surface area contributed by atoms with Crippen molar-refractivity contribution in [1.82, 2.24) is 10.2 Å². The first kappa shape index (κ1) is 29.5. The van der Waals surface area contributed by atoms with Gasteiger partial charge in [-0.2, -0.15) is 0 Å². The van der Waals surface area contributed by atoms with Crippen LogP contribution in [-0.4, -0.2) is 79.0 Å². The van der Waals surface area contributed by atoms with E-state index < -0.39 is 18.2 Å². The largest absolute Gasteiger partial charge is 0.497 e. The number of benzene rings is 2. The predicted molar refractivity (Wildman–Crippen MR) is 142 cm³/mol. The van der Waals surface area contributed by atoms with Crippen molar-refractivity contribution in [3.63, 3.8) is 0 Å². The summed E-state index contributed by atoms with van der Waals surface area (Å²) in [6.07, 6.45) is 1.12. The molecule has 1 saturated heterocycles. The molecule has 208 valence electrons. The Morgan fingerprint density at radius 2 is 1.76 bits per heavy atom. The summed E-state index contributed by atoms with van der Waals surface area (Å²) in [5.74, 6) is 1.01. The van der Waals surface area contributed by atoms with Crippen LogP contribution < -0.4 is 14.8 Å². The van der Waals surface area contributed by atoms with E-state index in [-0.39, 0.29) is 31.2 Å². The minimum atomic E-state index is -0.974. The number of unbranched alkanes of at least 4 members (excludes halogenated alkanes) is 1. The molecule has 0 radical (unpaired) electrons. The third kappa shape index (κ3) is 9.38. The van der Waals surface area contributed by atoms with Gasteiger partial charge in [0.15, 0.2) is 5.78 Å². The van der Waals surface area contributed by atoms with Gasteiger partial charge in [0.1, 0.15) is 17.6 Å². The van der Waals surface area contributed by atoms with E-state index in [2.05, 4.69) is 5.32 Å². The molecule has 38 heavy (non-hydrogen) atoms. The quantitative estimate of drug-likeness (QED) is 0.225. The number of hydrogen-bond donors (Lipinski definition) is 3. The van der Waals surface area contributed by atoms with Gasteiger partial charge < -0.3 is 25.0 Å². The maximum absolute atomic E-state index is 12.8. The van der Waals surface area contributed by atoms with E-state index in [0.29, 0.717) is 74.6 Å². The molecule has 0 saturated carbocycles. The lowest BCUT2D eigenvalue weighted by atomic mass is 10.0. The molecule has 1 aliphatic rings. The number of aliphatic hydroxyl groups excluding tert-OH is 2. The van der Waals surface area contributed by atoms with Crippen LogP contribution in [-0.2, 0) is 4.79 Å². The van der Waals surface area contributed by atoms with Crippen molar-refractivity contribution in [3.05, 3.63) is 59.7 Å². The highest BCUT2D eigenvalue weighted by Gasteiger charge is 2.29. The number of alkyl halides is 1. The van der Waals surface area contributed by atoms with Gasteiger partial charge in [0.2, 0.25) is 5.91 Å². The van der Waals surface area contributed by atoms with E-state index in [9.17, 15) is 24.2 Å². The molecular weight excluding hydrogens is 491 g/mol. The molecule has 3 atom stereocenters. The van der Waals surface area contributed by atoms with E-state index >= 15 is 0 Å². The zero-order valence-corrected chi connectivity index (χ0v) is 22.0. The lowest BCUT2D eigenvalue weighted by Gasteiger charge is -2.29. The topological polar surface area (TPSA) is 108 Å². The van der Waals surface area contributed by atoms with Crippen LogP contribution in [0.15, 0.2) is 48.5 Å². The molecule has 1 aliphatic heterocycles. The molecule has 9 heteroatoms. The number of β-amino-alcohol motifs (C(OH)–C–C–N with tert-alkyl or cyclic N) is 1. The van der Waals surface area contributed by atoms with Gasteiger partial charge in [-0.05, 0) is 67.6 Å². The predicted octanol–water partition coefficient (Wildman–Crippen LogP) is 3.46. The monoisotopic (exact) mass is 530 g/mol. The van der Waals surface area contributed by atoms with Gasteiger partial charge >= 0.3 is 0 Å². The number of nitrogens with zero attached hydrogens (tertiary/aromatic N) is 1. The summed E-state index contributed by atoms with van der Waals surface area (Å²) in [5.41, 5.74) is 1.20. The number of halogens is 1. The Morgan fingerprint density at radius 3 is 2.39 bits per heavy atom. The minimum Gasteiger partial charge on any atom is -0.497 e. The SMILES string of the molecule is COc1ccc(C(=O)CCCC(=O)N[C@H](CN2CC[C@@H](O)C2)[C@H](O)c2ccc(OCCCCF)cc2)cc1. The van der Waals surface area contributed by atoms with E-state index in [0.717, 1.165) is 0 Å². The van der Waals surface area contributed by atoms with Crippen LogP contribution in [0.3, 0.4) is 0 Å². The van der Waals surface area contributed by atoms with E-state index in [1.54, 1.807) is 55.6 Å². The van der Waals surface area contributed by atoms with Crippen LogP contribution in [0.1, 0.15) is 60.6 Å². The van der Waals surface area contributed by atoms with Gasteiger partial charge in [0.25, 0.3) is 0 Å². The number of amides is 1. The Morgan fingerprint density at radius 1 is 1.05 bits per heavy atom. The summed E-state index contributed by atoms with van der Waals surface area (Å²) in [4.78, 5) is 27.3. The van der Waals surface area contributed by atoms with Crippen LogP contribution in [0.25, 0.3) is 0 Å². The Labute approximate surface area is 223 Å². The number of rotatable bonds is 16. The fraction of sp³-hybridized carbons (Fsp3) is 0.517. The molecule has 0 bridgehead atoms. The third-order valence-corrected chi connectivity index (χ3v) is 6.67. The van der Waals surface area contributed by atoms with E-state index in [4.69, 9.17) is 9.47 Å². The fourth-order valence-corrected chi connectivity index (χ4v) is 4.47. The average molecular weight is 531 g/mol. The minimum absolute atomic E-state index is 0.0462. The van der Waals surface area contributed by atoms with Crippen molar-refractivity contribution in [3.8, 4) is 11.5 Å². The van der Waals surface area contributed by atoms with E-state index in [1.807, 2.05) is 4.90 Å². The fourth-order valence-electron chi connectivity index (χ4n) is 4.47. The summed E-state index contributed by atoms with van der Waals surface area (Å²) in [5, 5.41) is 24.0. The van der Waals surface area contributed by atoms with Gasteiger partial charge in [0.05, 0.1) is 32.5 Å². The number of methoxy groups -OCH3 is 1. The van der Waals surface area contributed by atoms with Crippen LogP contribution >= 0.6 is 0 Å². The molecule has 8 nitrogen and oxygen atoms in total. The summed E-state index contributed by atoms with van der Waals surface area (Å²) < 4.78 is 23.0.